The normalized spacial score (nSPS) is 13.9. The number of carbonyl (C=O) groups is 1. The summed E-state index contributed by atoms with van der Waals surface area (Å²) in [6.07, 6.45) is 2.04. The first kappa shape index (κ1) is 14.7. The van der Waals surface area contributed by atoms with Crippen molar-refractivity contribution in [2.75, 3.05) is 18.4 Å². The van der Waals surface area contributed by atoms with E-state index in [-0.39, 0.29) is 11.8 Å². The lowest BCUT2D eigenvalue weighted by molar-refractivity contribution is -0.122. The minimum atomic E-state index is 0.156. The van der Waals surface area contributed by atoms with E-state index in [1.165, 1.54) is 0 Å². The quantitative estimate of drug-likeness (QED) is 0.543. The zero-order chi connectivity index (χ0) is 14.7. The molecule has 0 bridgehead atoms. The molecule has 0 atom stereocenters. The number of aryl methyl sites for hydroxylation is 2. The van der Waals surface area contributed by atoms with Gasteiger partial charge >= 0.3 is 0 Å². The SMILES string of the molecule is Cc1cc(NCCNC(=O)C2CC2)c(C(N)=S)c(C)n1. The van der Waals surface area contributed by atoms with Crippen LogP contribution in [-0.4, -0.2) is 29.0 Å². The Morgan fingerprint density at radius 3 is 2.75 bits per heavy atom. The number of nitrogens with zero attached hydrogens (tertiary/aromatic N) is 1. The van der Waals surface area contributed by atoms with Crippen LogP contribution in [0.5, 0.6) is 0 Å². The topological polar surface area (TPSA) is 80.0 Å². The third-order valence-electron chi connectivity index (χ3n) is 3.26. The van der Waals surface area contributed by atoms with Crippen molar-refractivity contribution < 1.29 is 4.79 Å². The van der Waals surface area contributed by atoms with Gasteiger partial charge in [-0.15, -0.1) is 0 Å². The lowest BCUT2D eigenvalue weighted by Crippen LogP contribution is -2.30. The van der Waals surface area contributed by atoms with E-state index >= 15 is 0 Å². The lowest BCUT2D eigenvalue weighted by Gasteiger charge is -2.14. The number of hydrogen-bond acceptors (Lipinski definition) is 4. The highest BCUT2D eigenvalue weighted by Gasteiger charge is 2.28. The zero-order valence-corrected chi connectivity index (χ0v) is 12.6. The number of aromatic nitrogens is 1. The van der Waals surface area contributed by atoms with Gasteiger partial charge in [-0.2, -0.15) is 0 Å². The van der Waals surface area contributed by atoms with Crippen molar-refractivity contribution in [1.82, 2.24) is 10.3 Å². The Kier molecular flexibility index (Phi) is 4.54. The van der Waals surface area contributed by atoms with Gasteiger partial charge in [0.15, 0.2) is 0 Å². The first-order chi connectivity index (χ1) is 9.49. The van der Waals surface area contributed by atoms with Crippen LogP contribution in [0.4, 0.5) is 5.69 Å². The second-order valence-corrected chi connectivity index (χ2v) is 5.57. The fraction of sp³-hybridized carbons (Fsp3) is 0.500. The van der Waals surface area contributed by atoms with Crippen molar-refractivity contribution >= 4 is 28.8 Å². The van der Waals surface area contributed by atoms with E-state index in [9.17, 15) is 4.79 Å². The van der Waals surface area contributed by atoms with E-state index in [0.717, 1.165) is 35.5 Å². The van der Waals surface area contributed by atoms with E-state index in [1.807, 2.05) is 19.9 Å². The average molecular weight is 292 g/mol. The highest BCUT2D eigenvalue weighted by Crippen LogP contribution is 2.28. The van der Waals surface area contributed by atoms with Gasteiger partial charge in [-0.25, -0.2) is 0 Å². The maximum atomic E-state index is 11.5. The van der Waals surface area contributed by atoms with E-state index in [0.29, 0.717) is 18.1 Å². The second-order valence-electron chi connectivity index (χ2n) is 5.13. The molecular formula is C14H20N4OS. The van der Waals surface area contributed by atoms with Crippen LogP contribution in [0.1, 0.15) is 29.8 Å². The third kappa shape index (κ3) is 3.66. The average Bonchev–Trinajstić information content (AvgIpc) is 3.16. The van der Waals surface area contributed by atoms with Crippen molar-refractivity contribution in [2.45, 2.75) is 26.7 Å². The Morgan fingerprint density at radius 1 is 1.45 bits per heavy atom. The molecule has 20 heavy (non-hydrogen) atoms. The fourth-order valence-corrected chi connectivity index (χ4v) is 2.41. The standard InChI is InChI=1S/C14H20N4OS/c1-8-7-11(12(13(15)20)9(2)18-8)16-5-6-17-14(19)10-3-4-10/h7,10H,3-6H2,1-2H3,(H2,15,20)(H,16,18)(H,17,19). The molecule has 0 unspecified atom stereocenters. The summed E-state index contributed by atoms with van der Waals surface area (Å²) in [6.45, 7) is 5.04. The number of nitrogens with two attached hydrogens (primary N) is 1. The zero-order valence-electron chi connectivity index (χ0n) is 11.8. The van der Waals surface area contributed by atoms with Crippen LogP contribution < -0.4 is 16.4 Å². The first-order valence-electron chi connectivity index (χ1n) is 6.78. The summed E-state index contributed by atoms with van der Waals surface area (Å²) in [5, 5.41) is 6.18. The Bertz CT molecular complexity index is 540. The van der Waals surface area contributed by atoms with Crippen LogP contribution in [0.25, 0.3) is 0 Å². The fourth-order valence-electron chi connectivity index (χ4n) is 2.15. The molecule has 1 aromatic heterocycles. The number of amides is 1. The predicted octanol–water partition coefficient (Wildman–Crippen LogP) is 1.27. The van der Waals surface area contributed by atoms with E-state index < -0.39 is 0 Å². The monoisotopic (exact) mass is 292 g/mol. The van der Waals surface area contributed by atoms with Crippen molar-refractivity contribution in [1.29, 1.82) is 0 Å². The number of carbonyl (C=O) groups excluding carboxylic acids is 1. The van der Waals surface area contributed by atoms with Gasteiger partial charge in [0.2, 0.25) is 5.91 Å². The van der Waals surface area contributed by atoms with Gasteiger partial charge in [0.05, 0.1) is 5.56 Å². The van der Waals surface area contributed by atoms with E-state index in [4.69, 9.17) is 18.0 Å². The number of hydrogen-bond donors (Lipinski definition) is 3. The summed E-state index contributed by atoms with van der Waals surface area (Å²) in [5.41, 5.74) is 9.13. The van der Waals surface area contributed by atoms with Crippen LogP contribution in [0, 0.1) is 19.8 Å². The highest BCUT2D eigenvalue weighted by atomic mass is 32.1. The highest BCUT2D eigenvalue weighted by molar-refractivity contribution is 7.80. The van der Waals surface area contributed by atoms with Crippen LogP contribution >= 0.6 is 12.2 Å². The summed E-state index contributed by atoms with van der Waals surface area (Å²) in [4.78, 5) is 16.2. The molecule has 5 nitrogen and oxygen atoms in total. The van der Waals surface area contributed by atoms with Gasteiger partial charge in [0.1, 0.15) is 4.99 Å². The Hall–Kier alpha value is -1.69. The van der Waals surface area contributed by atoms with Crippen molar-refractivity contribution in [2.24, 2.45) is 11.7 Å². The number of thiocarbonyl (C=S) groups is 1. The van der Waals surface area contributed by atoms with Crippen LogP contribution in [-0.2, 0) is 4.79 Å². The third-order valence-corrected chi connectivity index (χ3v) is 3.47. The minimum absolute atomic E-state index is 0.156. The predicted molar refractivity (Wildman–Crippen MR) is 83.8 cm³/mol. The summed E-state index contributed by atoms with van der Waals surface area (Å²) in [5.74, 6) is 0.399. The molecule has 2 rings (SSSR count). The minimum Gasteiger partial charge on any atom is -0.389 e. The van der Waals surface area contributed by atoms with Gasteiger partial charge in [0.25, 0.3) is 0 Å². The molecule has 0 saturated heterocycles. The van der Waals surface area contributed by atoms with Crippen LogP contribution in [0.15, 0.2) is 6.07 Å². The summed E-state index contributed by atoms with van der Waals surface area (Å²) < 4.78 is 0. The number of rotatable bonds is 6. The molecule has 6 heteroatoms. The summed E-state index contributed by atoms with van der Waals surface area (Å²) in [7, 11) is 0. The largest absolute Gasteiger partial charge is 0.389 e. The van der Waals surface area contributed by atoms with E-state index in [1.54, 1.807) is 0 Å². The smallest absolute Gasteiger partial charge is 0.223 e. The Morgan fingerprint density at radius 2 is 2.15 bits per heavy atom. The van der Waals surface area contributed by atoms with Gasteiger partial charge in [-0.3, -0.25) is 9.78 Å². The summed E-state index contributed by atoms with van der Waals surface area (Å²) >= 11 is 5.07. The molecule has 1 aliphatic carbocycles. The van der Waals surface area contributed by atoms with Gasteiger partial charge in [0, 0.05) is 36.1 Å². The van der Waals surface area contributed by atoms with Crippen molar-refractivity contribution in [3.05, 3.63) is 23.0 Å². The molecule has 1 saturated carbocycles. The van der Waals surface area contributed by atoms with Crippen LogP contribution in [0.3, 0.4) is 0 Å². The molecule has 1 aliphatic rings. The number of anilines is 1. The Labute approximate surface area is 124 Å². The molecule has 0 radical (unpaired) electrons. The molecule has 4 N–H and O–H groups in total. The molecule has 1 aromatic rings. The molecule has 108 valence electrons. The Balaban J connectivity index is 1.94. The maximum absolute atomic E-state index is 11.5. The lowest BCUT2D eigenvalue weighted by atomic mass is 10.1. The molecule has 0 aliphatic heterocycles. The maximum Gasteiger partial charge on any atom is 0.223 e. The number of nitrogens with one attached hydrogen (secondary N) is 2. The molecule has 0 aromatic carbocycles. The first-order valence-corrected chi connectivity index (χ1v) is 7.19. The van der Waals surface area contributed by atoms with Gasteiger partial charge < -0.3 is 16.4 Å². The van der Waals surface area contributed by atoms with Crippen molar-refractivity contribution in [3.8, 4) is 0 Å². The van der Waals surface area contributed by atoms with Crippen LogP contribution in [0.2, 0.25) is 0 Å². The molecule has 1 heterocycles. The summed E-state index contributed by atoms with van der Waals surface area (Å²) in [6, 6.07) is 1.92. The van der Waals surface area contributed by atoms with Gasteiger partial charge in [-0.1, -0.05) is 12.2 Å². The second kappa shape index (κ2) is 6.17. The number of pyridine rings is 1. The molecule has 0 spiro atoms. The molecule has 1 amide bonds. The molecular weight excluding hydrogens is 272 g/mol. The van der Waals surface area contributed by atoms with E-state index in [2.05, 4.69) is 15.6 Å². The van der Waals surface area contributed by atoms with Gasteiger partial charge in [-0.05, 0) is 32.8 Å². The van der Waals surface area contributed by atoms with Crippen molar-refractivity contribution in [3.63, 3.8) is 0 Å². The molecule has 1 fully saturated rings.